The molecule has 0 aliphatic carbocycles. The van der Waals surface area contributed by atoms with Crippen LogP contribution in [0.5, 0.6) is 11.5 Å². The van der Waals surface area contributed by atoms with Gasteiger partial charge >= 0.3 is 6.18 Å². The van der Waals surface area contributed by atoms with E-state index in [1.165, 1.54) is 20.3 Å². The number of methoxy groups -OCH3 is 2. The Morgan fingerprint density at radius 3 is 2.10 bits per heavy atom. The lowest BCUT2D eigenvalue weighted by atomic mass is 10.1. The molecule has 0 radical (unpaired) electrons. The van der Waals surface area contributed by atoms with E-state index in [9.17, 15) is 13.2 Å². The summed E-state index contributed by atoms with van der Waals surface area (Å²) >= 11 is 0. The molecule has 0 saturated carbocycles. The van der Waals surface area contributed by atoms with Gasteiger partial charge in [-0.15, -0.1) is 0 Å². The van der Waals surface area contributed by atoms with Gasteiger partial charge in [-0.3, -0.25) is 0 Å². The fraction of sp³-hybridized carbons (Fsp3) is 0.231. The monoisotopic (exact) mass is 299 g/mol. The first-order valence-electron chi connectivity index (χ1n) is 5.80. The molecule has 5 nitrogen and oxygen atoms in total. The van der Waals surface area contributed by atoms with Crippen molar-refractivity contribution in [2.24, 2.45) is 0 Å². The maximum Gasteiger partial charge on any atom is 0.451 e. The lowest BCUT2D eigenvalue weighted by Gasteiger charge is -2.14. The summed E-state index contributed by atoms with van der Waals surface area (Å²) in [6.45, 7) is 0. The summed E-state index contributed by atoms with van der Waals surface area (Å²) in [7, 11) is 2.79. The normalized spacial score (nSPS) is 11.3. The van der Waals surface area contributed by atoms with Gasteiger partial charge in [-0.2, -0.15) is 13.2 Å². The van der Waals surface area contributed by atoms with Gasteiger partial charge in [0.05, 0.1) is 25.5 Å². The fourth-order valence-electron chi connectivity index (χ4n) is 1.82. The highest BCUT2D eigenvalue weighted by atomic mass is 19.4. The zero-order valence-electron chi connectivity index (χ0n) is 11.2. The Morgan fingerprint density at radius 1 is 1.05 bits per heavy atom. The maximum absolute atomic E-state index is 12.8. The van der Waals surface area contributed by atoms with Crippen LogP contribution in [0, 0.1) is 0 Å². The average molecular weight is 299 g/mol. The summed E-state index contributed by atoms with van der Waals surface area (Å²) in [5, 5.41) is 0. The Labute approximate surface area is 118 Å². The summed E-state index contributed by atoms with van der Waals surface area (Å²) in [6, 6.07) is 6.05. The van der Waals surface area contributed by atoms with Crippen molar-refractivity contribution in [1.82, 2.24) is 9.97 Å². The van der Waals surface area contributed by atoms with Crippen molar-refractivity contribution in [3.05, 3.63) is 30.1 Å². The van der Waals surface area contributed by atoms with Crippen LogP contribution in [-0.4, -0.2) is 24.2 Å². The van der Waals surface area contributed by atoms with Crippen molar-refractivity contribution in [3.63, 3.8) is 0 Å². The number of ether oxygens (including phenoxy) is 2. The number of halogens is 3. The Morgan fingerprint density at radius 2 is 1.62 bits per heavy atom. The minimum absolute atomic E-state index is 0.0240. The Hall–Kier alpha value is -2.51. The number of benzene rings is 1. The SMILES string of the molecule is COc1cccc(OC)c1-c1cc(N)nc(C(F)(F)F)n1. The molecule has 2 aromatic rings. The molecule has 0 atom stereocenters. The molecule has 1 aromatic heterocycles. The van der Waals surface area contributed by atoms with E-state index in [1.54, 1.807) is 18.2 Å². The van der Waals surface area contributed by atoms with Gasteiger partial charge in [-0.25, -0.2) is 9.97 Å². The van der Waals surface area contributed by atoms with E-state index in [0.29, 0.717) is 11.5 Å². The molecule has 0 amide bonds. The van der Waals surface area contributed by atoms with Crippen molar-refractivity contribution < 1.29 is 22.6 Å². The van der Waals surface area contributed by atoms with E-state index in [0.717, 1.165) is 0 Å². The summed E-state index contributed by atoms with van der Waals surface area (Å²) in [4.78, 5) is 6.72. The molecule has 1 heterocycles. The molecule has 8 heteroatoms. The topological polar surface area (TPSA) is 70.3 Å². The molecule has 0 fully saturated rings. The number of rotatable bonds is 3. The van der Waals surface area contributed by atoms with E-state index in [1.807, 2.05) is 0 Å². The predicted octanol–water partition coefficient (Wildman–Crippen LogP) is 2.76. The van der Waals surface area contributed by atoms with Crippen LogP contribution in [0.2, 0.25) is 0 Å². The Kier molecular flexibility index (Phi) is 3.88. The first-order chi connectivity index (χ1) is 9.86. The molecule has 0 spiro atoms. The highest BCUT2D eigenvalue weighted by molar-refractivity contribution is 5.75. The number of nitrogen functional groups attached to an aromatic ring is 1. The summed E-state index contributed by atoms with van der Waals surface area (Å²) in [6.07, 6.45) is -4.70. The van der Waals surface area contributed by atoms with Crippen molar-refractivity contribution in [2.75, 3.05) is 20.0 Å². The molecule has 0 unspecified atom stereocenters. The van der Waals surface area contributed by atoms with E-state index < -0.39 is 12.0 Å². The molecule has 0 aliphatic heterocycles. The molecule has 0 saturated heterocycles. The van der Waals surface area contributed by atoms with Crippen LogP contribution in [0.15, 0.2) is 24.3 Å². The van der Waals surface area contributed by atoms with E-state index >= 15 is 0 Å². The molecule has 2 N–H and O–H groups in total. The highest BCUT2D eigenvalue weighted by Gasteiger charge is 2.35. The van der Waals surface area contributed by atoms with E-state index in [2.05, 4.69) is 9.97 Å². The number of alkyl halides is 3. The third kappa shape index (κ3) is 2.99. The van der Waals surface area contributed by atoms with Gasteiger partial charge in [-0.05, 0) is 12.1 Å². The number of anilines is 1. The minimum Gasteiger partial charge on any atom is -0.496 e. The zero-order chi connectivity index (χ0) is 15.6. The van der Waals surface area contributed by atoms with Crippen LogP contribution in [0.3, 0.4) is 0 Å². The third-order valence-corrected chi connectivity index (χ3v) is 2.68. The maximum atomic E-state index is 12.8. The van der Waals surface area contributed by atoms with Crippen molar-refractivity contribution >= 4 is 5.82 Å². The number of aromatic nitrogens is 2. The van der Waals surface area contributed by atoms with Gasteiger partial charge in [0.2, 0.25) is 5.82 Å². The molecular weight excluding hydrogens is 287 g/mol. The summed E-state index contributed by atoms with van der Waals surface area (Å²) in [5.41, 5.74) is 5.70. The van der Waals surface area contributed by atoms with Gasteiger partial charge in [0.25, 0.3) is 0 Å². The third-order valence-electron chi connectivity index (χ3n) is 2.68. The van der Waals surface area contributed by atoms with E-state index in [-0.39, 0.29) is 17.1 Å². The van der Waals surface area contributed by atoms with E-state index in [4.69, 9.17) is 15.2 Å². The second-order valence-corrected chi connectivity index (χ2v) is 4.04. The smallest absolute Gasteiger partial charge is 0.451 e. The Balaban J connectivity index is 2.70. The van der Waals surface area contributed by atoms with Crippen LogP contribution < -0.4 is 15.2 Å². The first kappa shape index (κ1) is 14.9. The molecule has 0 aliphatic rings. The molecular formula is C13H12F3N3O2. The molecule has 1 aromatic carbocycles. The number of hydrogen-bond donors (Lipinski definition) is 1. The minimum atomic E-state index is -4.70. The Bertz CT molecular complexity index is 637. The van der Waals surface area contributed by atoms with Gasteiger partial charge in [0.1, 0.15) is 17.3 Å². The van der Waals surface area contributed by atoms with Crippen LogP contribution in [0.4, 0.5) is 19.0 Å². The number of nitrogens with two attached hydrogens (primary N) is 1. The molecule has 2 rings (SSSR count). The van der Waals surface area contributed by atoms with Gasteiger partial charge in [0.15, 0.2) is 0 Å². The lowest BCUT2D eigenvalue weighted by Crippen LogP contribution is -2.13. The van der Waals surface area contributed by atoms with Crippen molar-refractivity contribution in [1.29, 1.82) is 0 Å². The first-order valence-corrected chi connectivity index (χ1v) is 5.80. The van der Waals surface area contributed by atoms with Gasteiger partial charge < -0.3 is 15.2 Å². The lowest BCUT2D eigenvalue weighted by molar-refractivity contribution is -0.144. The second-order valence-electron chi connectivity index (χ2n) is 4.04. The largest absolute Gasteiger partial charge is 0.496 e. The van der Waals surface area contributed by atoms with Crippen LogP contribution in [0.25, 0.3) is 11.3 Å². The van der Waals surface area contributed by atoms with Crippen molar-refractivity contribution in [3.8, 4) is 22.8 Å². The molecule has 0 bridgehead atoms. The molecule has 112 valence electrons. The van der Waals surface area contributed by atoms with Crippen LogP contribution in [-0.2, 0) is 6.18 Å². The molecule has 21 heavy (non-hydrogen) atoms. The summed E-state index contributed by atoms with van der Waals surface area (Å²) < 4.78 is 48.6. The van der Waals surface area contributed by atoms with Crippen molar-refractivity contribution in [2.45, 2.75) is 6.18 Å². The average Bonchev–Trinajstić information content (AvgIpc) is 2.44. The fourth-order valence-corrected chi connectivity index (χ4v) is 1.82. The number of nitrogens with zero attached hydrogens (tertiary/aromatic N) is 2. The number of hydrogen-bond acceptors (Lipinski definition) is 5. The second kappa shape index (κ2) is 5.47. The standard InChI is InChI=1S/C13H12F3N3O2/c1-20-8-4-3-5-9(21-2)11(8)7-6-10(17)19-12(18-7)13(14,15)16/h3-6H,1-2H3,(H2,17,18,19). The summed E-state index contributed by atoms with van der Waals surface area (Å²) in [5.74, 6) is -0.966. The highest BCUT2D eigenvalue weighted by Crippen LogP contribution is 2.38. The van der Waals surface area contributed by atoms with Crippen LogP contribution in [0.1, 0.15) is 5.82 Å². The predicted molar refractivity (Wildman–Crippen MR) is 70.0 cm³/mol. The van der Waals surface area contributed by atoms with Gasteiger partial charge in [0, 0.05) is 6.07 Å². The quantitative estimate of drug-likeness (QED) is 0.943. The van der Waals surface area contributed by atoms with Gasteiger partial charge in [-0.1, -0.05) is 6.07 Å². The zero-order valence-corrected chi connectivity index (χ0v) is 11.2. The van der Waals surface area contributed by atoms with Crippen LogP contribution >= 0.6 is 0 Å².